The van der Waals surface area contributed by atoms with Gasteiger partial charge >= 0.3 is 0 Å². The van der Waals surface area contributed by atoms with Gasteiger partial charge in [0.2, 0.25) is 0 Å². The van der Waals surface area contributed by atoms with Crippen LogP contribution in [0.25, 0.3) is 11.0 Å². The maximum atomic E-state index is 13.9. The van der Waals surface area contributed by atoms with Gasteiger partial charge in [-0.05, 0) is 36.6 Å². The highest BCUT2D eigenvalue weighted by Crippen LogP contribution is 2.26. The van der Waals surface area contributed by atoms with Crippen LogP contribution >= 0.6 is 0 Å². The Labute approximate surface area is 138 Å². The molecule has 1 atom stereocenters. The molecule has 0 N–H and O–H groups in total. The number of para-hydroxylation sites is 1. The summed E-state index contributed by atoms with van der Waals surface area (Å²) in [5.41, 5.74) is 1.03. The zero-order valence-corrected chi connectivity index (χ0v) is 13.1. The molecule has 3 heterocycles. The molecule has 0 radical (unpaired) electrons. The third-order valence-electron chi connectivity index (χ3n) is 4.53. The van der Waals surface area contributed by atoms with E-state index in [2.05, 4.69) is 9.97 Å². The van der Waals surface area contributed by atoms with Gasteiger partial charge < -0.3 is 4.90 Å². The Hall–Kier alpha value is -2.76. The summed E-state index contributed by atoms with van der Waals surface area (Å²) in [6.45, 7) is 2.11. The third-order valence-corrected chi connectivity index (χ3v) is 4.53. The van der Waals surface area contributed by atoms with E-state index in [1.54, 1.807) is 41.4 Å². The highest BCUT2D eigenvalue weighted by atomic mass is 19.1. The van der Waals surface area contributed by atoms with Crippen molar-refractivity contribution in [1.29, 1.82) is 0 Å². The van der Waals surface area contributed by atoms with Crippen molar-refractivity contribution >= 4 is 16.7 Å². The number of rotatable bonds is 3. The van der Waals surface area contributed by atoms with Gasteiger partial charge in [0.05, 0.1) is 17.4 Å². The Morgan fingerprint density at radius 2 is 2.04 bits per heavy atom. The second kappa shape index (κ2) is 6.03. The fourth-order valence-electron chi connectivity index (χ4n) is 3.32. The molecule has 2 aromatic heterocycles. The maximum absolute atomic E-state index is 13.9. The molecule has 0 bridgehead atoms. The zero-order chi connectivity index (χ0) is 16.5. The average molecular weight is 324 g/mol. The Bertz CT molecular complexity index is 939. The van der Waals surface area contributed by atoms with Gasteiger partial charge in [-0.1, -0.05) is 12.1 Å². The number of fused-ring (bicyclic) bond motifs is 1. The summed E-state index contributed by atoms with van der Waals surface area (Å²) in [6, 6.07) is 10.3. The molecule has 24 heavy (non-hydrogen) atoms. The molecule has 1 saturated heterocycles. The number of anilines is 1. The van der Waals surface area contributed by atoms with Crippen LogP contribution in [0, 0.1) is 11.7 Å². The van der Waals surface area contributed by atoms with Crippen LogP contribution in [0.1, 0.15) is 6.42 Å². The van der Waals surface area contributed by atoms with Crippen molar-refractivity contribution < 1.29 is 4.39 Å². The van der Waals surface area contributed by atoms with Gasteiger partial charge in [-0.25, -0.2) is 14.4 Å². The van der Waals surface area contributed by atoms with Crippen LogP contribution in [0.2, 0.25) is 0 Å². The SMILES string of the molecule is O=c1c2cccnc2ncn1CC1CCN(c2ccccc2F)C1. The monoisotopic (exact) mass is 324 g/mol. The molecule has 0 saturated carbocycles. The van der Waals surface area contributed by atoms with E-state index in [0.29, 0.717) is 29.2 Å². The van der Waals surface area contributed by atoms with Crippen LogP contribution in [0.4, 0.5) is 10.1 Å². The molecular formula is C18H17FN4O. The highest BCUT2D eigenvalue weighted by Gasteiger charge is 2.25. The fraction of sp³-hybridized carbons (Fsp3) is 0.278. The number of hydrogen-bond acceptors (Lipinski definition) is 4. The van der Waals surface area contributed by atoms with E-state index in [1.807, 2.05) is 11.0 Å². The summed E-state index contributed by atoms with van der Waals surface area (Å²) in [7, 11) is 0. The first-order chi connectivity index (χ1) is 11.7. The minimum Gasteiger partial charge on any atom is -0.369 e. The summed E-state index contributed by atoms with van der Waals surface area (Å²) in [5, 5.41) is 0.531. The van der Waals surface area contributed by atoms with Crippen LogP contribution in [0.5, 0.6) is 0 Å². The van der Waals surface area contributed by atoms with Crippen LogP contribution in [-0.4, -0.2) is 27.6 Å². The molecule has 0 amide bonds. The summed E-state index contributed by atoms with van der Waals surface area (Å²) < 4.78 is 15.6. The number of aromatic nitrogens is 3. The number of hydrogen-bond donors (Lipinski definition) is 0. The Morgan fingerprint density at radius 3 is 2.92 bits per heavy atom. The van der Waals surface area contributed by atoms with Gasteiger partial charge in [0.25, 0.3) is 5.56 Å². The van der Waals surface area contributed by atoms with Crippen molar-refractivity contribution in [3.8, 4) is 0 Å². The molecule has 0 spiro atoms. The van der Waals surface area contributed by atoms with Crippen molar-refractivity contribution in [2.75, 3.05) is 18.0 Å². The minimum absolute atomic E-state index is 0.0718. The second-order valence-corrected chi connectivity index (χ2v) is 6.13. The molecule has 1 fully saturated rings. The average Bonchev–Trinajstić information content (AvgIpc) is 3.06. The van der Waals surface area contributed by atoms with Gasteiger partial charge in [-0.2, -0.15) is 0 Å². The van der Waals surface area contributed by atoms with Crippen LogP contribution < -0.4 is 10.5 Å². The predicted octanol–water partition coefficient (Wildman–Crippen LogP) is 2.46. The van der Waals surface area contributed by atoms with E-state index >= 15 is 0 Å². The Morgan fingerprint density at radius 1 is 1.17 bits per heavy atom. The molecule has 3 aromatic rings. The first-order valence-electron chi connectivity index (χ1n) is 8.02. The number of nitrogens with zero attached hydrogens (tertiary/aromatic N) is 4. The van der Waals surface area contributed by atoms with Crippen LogP contribution in [0.15, 0.2) is 53.7 Å². The molecule has 1 aliphatic rings. The molecule has 1 aliphatic heterocycles. The lowest BCUT2D eigenvalue weighted by Crippen LogP contribution is -2.27. The molecule has 1 unspecified atom stereocenters. The minimum atomic E-state index is -0.200. The quantitative estimate of drug-likeness (QED) is 0.743. The molecule has 6 heteroatoms. The van der Waals surface area contributed by atoms with Gasteiger partial charge in [-0.3, -0.25) is 9.36 Å². The zero-order valence-electron chi connectivity index (χ0n) is 13.1. The van der Waals surface area contributed by atoms with Crippen molar-refractivity contribution in [2.24, 2.45) is 5.92 Å². The van der Waals surface area contributed by atoms with Crippen molar-refractivity contribution in [2.45, 2.75) is 13.0 Å². The molecule has 0 aliphatic carbocycles. The van der Waals surface area contributed by atoms with E-state index in [-0.39, 0.29) is 11.4 Å². The lowest BCUT2D eigenvalue weighted by Gasteiger charge is -2.19. The van der Waals surface area contributed by atoms with E-state index in [9.17, 15) is 9.18 Å². The summed E-state index contributed by atoms with van der Waals surface area (Å²) in [4.78, 5) is 22.9. The van der Waals surface area contributed by atoms with E-state index in [4.69, 9.17) is 0 Å². The second-order valence-electron chi connectivity index (χ2n) is 6.13. The van der Waals surface area contributed by atoms with E-state index in [0.717, 1.165) is 19.5 Å². The molecule has 122 valence electrons. The molecule has 5 nitrogen and oxygen atoms in total. The first-order valence-corrected chi connectivity index (χ1v) is 8.02. The van der Waals surface area contributed by atoms with Gasteiger partial charge in [0, 0.05) is 25.8 Å². The van der Waals surface area contributed by atoms with Crippen LogP contribution in [0.3, 0.4) is 0 Å². The van der Waals surface area contributed by atoms with E-state index < -0.39 is 0 Å². The summed E-state index contributed by atoms with van der Waals surface area (Å²) >= 11 is 0. The Balaban J connectivity index is 1.54. The Kier molecular flexibility index (Phi) is 3.72. The topological polar surface area (TPSA) is 51.0 Å². The lowest BCUT2D eigenvalue weighted by atomic mass is 10.1. The first kappa shape index (κ1) is 14.8. The third kappa shape index (κ3) is 2.64. The molecule has 4 rings (SSSR count). The smallest absolute Gasteiger partial charge is 0.262 e. The number of benzene rings is 1. The van der Waals surface area contributed by atoms with E-state index in [1.165, 1.54) is 6.07 Å². The number of halogens is 1. The fourth-order valence-corrected chi connectivity index (χ4v) is 3.32. The van der Waals surface area contributed by atoms with Gasteiger partial charge in [-0.15, -0.1) is 0 Å². The van der Waals surface area contributed by atoms with Crippen molar-refractivity contribution in [3.63, 3.8) is 0 Å². The van der Waals surface area contributed by atoms with Crippen molar-refractivity contribution in [3.05, 3.63) is 65.1 Å². The van der Waals surface area contributed by atoms with Crippen molar-refractivity contribution in [1.82, 2.24) is 14.5 Å². The standard InChI is InChI=1S/C18H17FN4O/c19-15-5-1-2-6-16(15)22-9-7-13(10-22)11-23-12-21-17-14(18(23)24)4-3-8-20-17/h1-6,8,12-13H,7,9-11H2. The number of pyridine rings is 1. The van der Waals surface area contributed by atoms with Gasteiger partial charge in [0.1, 0.15) is 5.82 Å². The molecular weight excluding hydrogens is 307 g/mol. The largest absolute Gasteiger partial charge is 0.369 e. The molecule has 1 aromatic carbocycles. The van der Waals surface area contributed by atoms with Crippen LogP contribution in [-0.2, 0) is 6.54 Å². The summed E-state index contributed by atoms with van der Waals surface area (Å²) in [5.74, 6) is 0.0898. The highest BCUT2D eigenvalue weighted by molar-refractivity contribution is 5.72. The normalized spacial score (nSPS) is 17.5. The lowest BCUT2D eigenvalue weighted by molar-refractivity contribution is 0.473. The summed E-state index contributed by atoms with van der Waals surface area (Å²) in [6.07, 6.45) is 4.11. The predicted molar refractivity (Wildman–Crippen MR) is 90.5 cm³/mol. The van der Waals surface area contributed by atoms with Gasteiger partial charge in [0.15, 0.2) is 5.65 Å². The maximum Gasteiger partial charge on any atom is 0.262 e.